The topological polar surface area (TPSA) is 61.8 Å². The fourth-order valence-corrected chi connectivity index (χ4v) is 3.59. The summed E-state index contributed by atoms with van der Waals surface area (Å²) in [5.74, 6) is -0.499. The fourth-order valence-electron chi connectivity index (χ4n) is 2.80. The summed E-state index contributed by atoms with van der Waals surface area (Å²) in [6, 6.07) is 22.5. The summed E-state index contributed by atoms with van der Waals surface area (Å²) in [5, 5.41) is 3.80. The zero-order valence-corrected chi connectivity index (χ0v) is 16.8. The third kappa shape index (κ3) is 5.65. The van der Waals surface area contributed by atoms with E-state index in [9.17, 15) is 12.8 Å². The van der Waals surface area contributed by atoms with E-state index < -0.39 is 15.8 Å². The number of nitrogens with one attached hydrogen (secondary N) is 1. The van der Waals surface area contributed by atoms with E-state index in [2.05, 4.69) is 33.9 Å². The molecule has 3 rings (SSSR count). The molecule has 0 bridgehead atoms. The minimum atomic E-state index is -3.83. The quantitative estimate of drug-likeness (QED) is 0.447. The van der Waals surface area contributed by atoms with Crippen molar-refractivity contribution in [2.45, 2.75) is 18.4 Å². The van der Waals surface area contributed by atoms with Crippen LogP contribution in [0.1, 0.15) is 18.1 Å². The van der Waals surface area contributed by atoms with E-state index in [1.807, 2.05) is 42.5 Å². The van der Waals surface area contributed by atoms with Crippen molar-refractivity contribution in [1.82, 2.24) is 4.83 Å². The van der Waals surface area contributed by atoms with Crippen LogP contribution in [-0.4, -0.2) is 21.2 Å². The van der Waals surface area contributed by atoms with Gasteiger partial charge in [0.2, 0.25) is 0 Å². The number of nitrogens with zero attached hydrogens (tertiary/aromatic N) is 2. The highest BCUT2D eigenvalue weighted by Gasteiger charge is 2.12. The fraction of sp³-hybridized carbons (Fsp3) is 0.136. The normalized spacial score (nSPS) is 11.5. The molecule has 0 aromatic heterocycles. The van der Waals surface area contributed by atoms with Gasteiger partial charge in [-0.15, -0.1) is 0 Å². The third-order valence-electron chi connectivity index (χ3n) is 4.37. The number of sulfonamides is 1. The Kier molecular flexibility index (Phi) is 6.61. The lowest BCUT2D eigenvalue weighted by Gasteiger charge is -2.23. The van der Waals surface area contributed by atoms with Crippen molar-refractivity contribution in [1.29, 1.82) is 0 Å². The molecule has 3 aromatic carbocycles. The SMILES string of the molecule is CCN(Cc1ccccc1)c1ccc(/C=N/NS(=O)(=O)c2ccc(F)cc2)cc1. The maximum Gasteiger partial charge on any atom is 0.276 e. The molecule has 0 fully saturated rings. The van der Waals surface area contributed by atoms with Gasteiger partial charge in [-0.2, -0.15) is 13.5 Å². The molecule has 0 atom stereocenters. The first-order valence-corrected chi connectivity index (χ1v) is 10.7. The van der Waals surface area contributed by atoms with Crippen LogP contribution in [0.3, 0.4) is 0 Å². The van der Waals surface area contributed by atoms with Gasteiger partial charge in [0.25, 0.3) is 10.0 Å². The molecule has 3 aromatic rings. The first-order chi connectivity index (χ1) is 14.0. The second kappa shape index (κ2) is 9.34. The first kappa shape index (κ1) is 20.5. The number of hydrogen-bond acceptors (Lipinski definition) is 4. The highest BCUT2D eigenvalue weighted by Crippen LogP contribution is 2.17. The van der Waals surface area contributed by atoms with Crippen molar-refractivity contribution in [3.63, 3.8) is 0 Å². The molecule has 0 amide bonds. The Morgan fingerprint density at radius 1 is 0.966 bits per heavy atom. The maximum absolute atomic E-state index is 12.9. The number of anilines is 1. The maximum atomic E-state index is 12.9. The van der Waals surface area contributed by atoms with E-state index >= 15 is 0 Å². The van der Waals surface area contributed by atoms with Crippen LogP contribution in [0.5, 0.6) is 0 Å². The van der Waals surface area contributed by atoms with Gasteiger partial charge in [-0.3, -0.25) is 0 Å². The Labute approximate surface area is 170 Å². The standard InChI is InChI=1S/C22H22FN3O2S/c1-2-26(17-19-6-4-3-5-7-19)21-12-8-18(9-13-21)16-24-25-29(27,28)22-14-10-20(23)11-15-22/h3-16,25H,2,17H2,1H3/b24-16+. The number of benzene rings is 3. The van der Waals surface area contributed by atoms with Crippen LogP contribution in [-0.2, 0) is 16.6 Å². The Balaban J connectivity index is 1.64. The van der Waals surface area contributed by atoms with Gasteiger partial charge < -0.3 is 4.90 Å². The Morgan fingerprint density at radius 2 is 1.62 bits per heavy atom. The molecule has 0 saturated carbocycles. The number of rotatable bonds is 8. The van der Waals surface area contributed by atoms with E-state index in [1.165, 1.54) is 23.9 Å². The van der Waals surface area contributed by atoms with Gasteiger partial charge >= 0.3 is 0 Å². The molecule has 0 aliphatic heterocycles. The van der Waals surface area contributed by atoms with Crippen molar-refractivity contribution in [2.75, 3.05) is 11.4 Å². The summed E-state index contributed by atoms with van der Waals surface area (Å²) < 4.78 is 37.2. The Bertz CT molecular complexity index is 1050. The van der Waals surface area contributed by atoms with E-state index in [0.717, 1.165) is 36.5 Å². The van der Waals surface area contributed by atoms with E-state index in [0.29, 0.717) is 0 Å². The van der Waals surface area contributed by atoms with Gasteiger partial charge in [0.05, 0.1) is 11.1 Å². The minimum Gasteiger partial charge on any atom is -0.367 e. The van der Waals surface area contributed by atoms with Gasteiger partial charge in [0, 0.05) is 18.8 Å². The molecule has 0 unspecified atom stereocenters. The lowest BCUT2D eigenvalue weighted by atomic mass is 10.1. The molecule has 0 aliphatic carbocycles. The minimum absolute atomic E-state index is 0.0501. The largest absolute Gasteiger partial charge is 0.367 e. The molecule has 7 heteroatoms. The smallest absolute Gasteiger partial charge is 0.276 e. The lowest BCUT2D eigenvalue weighted by molar-refractivity contribution is 0.583. The van der Waals surface area contributed by atoms with Gasteiger partial charge in [-0.05, 0) is 54.4 Å². The van der Waals surface area contributed by atoms with E-state index in [-0.39, 0.29) is 4.90 Å². The van der Waals surface area contributed by atoms with Crippen LogP contribution >= 0.6 is 0 Å². The predicted molar refractivity (Wildman–Crippen MR) is 114 cm³/mol. The number of hydrogen-bond donors (Lipinski definition) is 1. The zero-order chi connectivity index (χ0) is 20.7. The average molecular weight is 412 g/mol. The second-order valence-electron chi connectivity index (χ2n) is 6.40. The Hall–Kier alpha value is -3.19. The highest BCUT2D eigenvalue weighted by molar-refractivity contribution is 7.89. The van der Waals surface area contributed by atoms with Crippen molar-refractivity contribution in [2.24, 2.45) is 5.10 Å². The van der Waals surface area contributed by atoms with Crippen LogP contribution in [0.2, 0.25) is 0 Å². The molecule has 0 aliphatic rings. The van der Waals surface area contributed by atoms with Gasteiger partial charge in [-0.25, -0.2) is 9.22 Å². The number of hydrazone groups is 1. The van der Waals surface area contributed by atoms with Crippen LogP contribution in [0.15, 0.2) is 88.9 Å². The molecular formula is C22H22FN3O2S. The van der Waals surface area contributed by atoms with Gasteiger partial charge in [0.15, 0.2) is 0 Å². The Morgan fingerprint density at radius 3 is 2.24 bits per heavy atom. The molecule has 1 N–H and O–H groups in total. The summed E-state index contributed by atoms with van der Waals surface area (Å²) in [6.45, 7) is 3.77. The lowest BCUT2D eigenvalue weighted by Crippen LogP contribution is -2.21. The molecule has 29 heavy (non-hydrogen) atoms. The van der Waals surface area contributed by atoms with Crippen LogP contribution in [0.25, 0.3) is 0 Å². The molecule has 0 saturated heterocycles. The van der Waals surface area contributed by atoms with Crippen molar-refractivity contribution in [3.05, 3.63) is 95.8 Å². The average Bonchev–Trinajstić information content (AvgIpc) is 2.73. The molecule has 0 heterocycles. The predicted octanol–water partition coefficient (Wildman–Crippen LogP) is 4.16. The van der Waals surface area contributed by atoms with E-state index in [1.54, 1.807) is 0 Å². The van der Waals surface area contributed by atoms with Gasteiger partial charge in [-0.1, -0.05) is 42.5 Å². The first-order valence-electron chi connectivity index (χ1n) is 9.17. The summed E-state index contributed by atoms with van der Waals surface area (Å²) in [4.78, 5) is 4.33. The molecular weight excluding hydrogens is 389 g/mol. The summed E-state index contributed by atoms with van der Waals surface area (Å²) in [5.41, 5.74) is 3.06. The van der Waals surface area contributed by atoms with Crippen LogP contribution < -0.4 is 9.73 Å². The van der Waals surface area contributed by atoms with Crippen molar-refractivity contribution >= 4 is 21.9 Å². The molecule has 150 valence electrons. The summed E-state index contributed by atoms with van der Waals surface area (Å²) >= 11 is 0. The molecule has 0 spiro atoms. The number of halogens is 1. The molecule has 0 radical (unpaired) electrons. The second-order valence-corrected chi connectivity index (χ2v) is 8.06. The summed E-state index contributed by atoms with van der Waals surface area (Å²) in [7, 11) is -3.83. The monoisotopic (exact) mass is 411 g/mol. The summed E-state index contributed by atoms with van der Waals surface area (Å²) in [6.07, 6.45) is 1.43. The van der Waals surface area contributed by atoms with Crippen molar-refractivity contribution in [3.8, 4) is 0 Å². The zero-order valence-electron chi connectivity index (χ0n) is 16.0. The molecule has 5 nitrogen and oxygen atoms in total. The van der Waals surface area contributed by atoms with Crippen molar-refractivity contribution < 1.29 is 12.8 Å². The van der Waals surface area contributed by atoms with Crippen LogP contribution in [0, 0.1) is 5.82 Å². The van der Waals surface area contributed by atoms with Crippen LogP contribution in [0.4, 0.5) is 10.1 Å². The van der Waals surface area contributed by atoms with Gasteiger partial charge in [0.1, 0.15) is 5.82 Å². The highest BCUT2D eigenvalue weighted by atomic mass is 32.2. The third-order valence-corrected chi connectivity index (χ3v) is 5.61. The van der Waals surface area contributed by atoms with E-state index in [4.69, 9.17) is 0 Å².